The minimum atomic E-state index is -3.55. The van der Waals surface area contributed by atoms with E-state index < -0.39 is 10.1 Å². The van der Waals surface area contributed by atoms with Crippen LogP contribution in [0.1, 0.15) is 6.42 Å². The fourth-order valence-corrected chi connectivity index (χ4v) is 3.27. The van der Waals surface area contributed by atoms with Crippen molar-refractivity contribution in [3.05, 3.63) is 61.4 Å². The van der Waals surface area contributed by atoms with Crippen molar-refractivity contribution < 1.29 is 12.6 Å². The maximum atomic E-state index is 11.7. The van der Waals surface area contributed by atoms with Crippen LogP contribution in [0.15, 0.2) is 71.2 Å². The molecule has 0 spiro atoms. The van der Waals surface area contributed by atoms with E-state index in [1.807, 2.05) is 24.3 Å². The summed E-state index contributed by atoms with van der Waals surface area (Å²) < 4.78 is 28.3. The summed E-state index contributed by atoms with van der Waals surface area (Å²) in [5, 5.41) is 0. The van der Waals surface area contributed by atoms with Crippen molar-refractivity contribution in [1.82, 2.24) is 4.98 Å². The Bertz CT molecular complexity index is 683. The molecule has 1 aromatic heterocycles. The minimum absolute atomic E-state index is 0.0655. The lowest BCUT2D eigenvalue weighted by atomic mass is 10.3. The SMILES string of the molecule is C=CCCS(=O)(=O)Oc1ccc(Sc2ccncc2)cc1. The third-order valence-corrected chi connectivity index (χ3v) is 4.70. The van der Waals surface area contributed by atoms with Crippen LogP contribution in [0.2, 0.25) is 0 Å². The standard InChI is InChI=1S/C15H15NO3S2/c1-2-3-12-21(17,18)19-13-4-6-14(7-5-13)20-15-8-10-16-11-9-15/h2,4-11H,1,3,12H2. The van der Waals surface area contributed by atoms with E-state index in [4.69, 9.17) is 4.18 Å². The fraction of sp³-hybridized carbons (Fsp3) is 0.133. The molecule has 0 unspecified atom stereocenters. The minimum Gasteiger partial charge on any atom is -0.382 e. The van der Waals surface area contributed by atoms with E-state index in [2.05, 4.69) is 11.6 Å². The van der Waals surface area contributed by atoms with Gasteiger partial charge in [-0.2, -0.15) is 8.42 Å². The topological polar surface area (TPSA) is 56.3 Å². The third kappa shape index (κ3) is 5.24. The number of benzene rings is 1. The van der Waals surface area contributed by atoms with E-state index in [0.29, 0.717) is 12.2 Å². The molecule has 110 valence electrons. The lowest BCUT2D eigenvalue weighted by molar-refractivity contribution is 0.486. The van der Waals surface area contributed by atoms with Gasteiger partial charge in [-0.3, -0.25) is 4.98 Å². The van der Waals surface area contributed by atoms with Crippen molar-refractivity contribution in [2.45, 2.75) is 16.2 Å². The van der Waals surface area contributed by atoms with Crippen LogP contribution in [0.3, 0.4) is 0 Å². The predicted molar refractivity (Wildman–Crippen MR) is 84.0 cm³/mol. The molecule has 2 rings (SSSR count). The number of rotatable bonds is 7. The lowest BCUT2D eigenvalue weighted by Gasteiger charge is -2.07. The molecule has 1 heterocycles. The van der Waals surface area contributed by atoms with Crippen LogP contribution in [-0.4, -0.2) is 19.2 Å². The Morgan fingerprint density at radius 1 is 1.10 bits per heavy atom. The van der Waals surface area contributed by atoms with Gasteiger partial charge in [0.15, 0.2) is 0 Å². The summed E-state index contributed by atoms with van der Waals surface area (Å²) in [4.78, 5) is 6.02. The Kier molecular flexibility index (Phi) is 5.41. The smallest absolute Gasteiger partial charge is 0.309 e. The van der Waals surface area contributed by atoms with Gasteiger partial charge in [-0.1, -0.05) is 17.8 Å². The summed E-state index contributed by atoms with van der Waals surface area (Å²) in [7, 11) is -3.55. The molecule has 0 fully saturated rings. The van der Waals surface area contributed by atoms with Crippen LogP contribution in [0.25, 0.3) is 0 Å². The van der Waals surface area contributed by atoms with Crippen LogP contribution < -0.4 is 4.18 Å². The predicted octanol–water partition coefficient (Wildman–Crippen LogP) is 3.52. The maximum absolute atomic E-state index is 11.7. The van der Waals surface area contributed by atoms with Crippen LogP contribution in [0, 0.1) is 0 Å². The van der Waals surface area contributed by atoms with E-state index >= 15 is 0 Å². The zero-order chi connectivity index (χ0) is 15.1. The van der Waals surface area contributed by atoms with Crippen LogP contribution in [0.5, 0.6) is 5.75 Å². The van der Waals surface area contributed by atoms with E-state index in [0.717, 1.165) is 9.79 Å². The zero-order valence-corrected chi connectivity index (χ0v) is 12.9. The van der Waals surface area contributed by atoms with Gasteiger partial charge >= 0.3 is 10.1 Å². The first-order valence-corrected chi connectivity index (χ1v) is 8.69. The highest BCUT2D eigenvalue weighted by Crippen LogP contribution is 2.28. The molecule has 1 aromatic carbocycles. The summed E-state index contributed by atoms with van der Waals surface area (Å²) in [5.41, 5.74) is 0. The fourth-order valence-electron chi connectivity index (χ4n) is 1.52. The molecule has 0 N–H and O–H groups in total. The summed E-state index contributed by atoms with van der Waals surface area (Å²) in [6, 6.07) is 10.8. The average molecular weight is 321 g/mol. The Labute approximate surface area is 129 Å². The van der Waals surface area contributed by atoms with Crippen LogP contribution >= 0.6 is 11.8 Å². The summed E-state index contributed by atoms with van der Waals surface area (Å²) >= 11 is 1.57. The highest BCUT2D eigenvalue weighted by atomic mass is 32.2. The molecule has 0 bridgehead atoms. The van der Waals surface area contributed by atoms with Gasteiger partial charge in [-0.05, 0) is 42.8 Å². The largest absolute Gasteiger partial charge is 0.382 e. The molecule has 0 saturated heterocycles. The molecule has 0 radical (unpaired) electrons. The molecule has 4 nitrogen and oxygen atoms in total. The van der Waals surface area contributed by atoms with Gasteiger partial charge in [0.1, 0.15) is 5.75 Å². The maximum Gasteiger partial charge on any atom is 0.309 e. The third-order valence-electron chi connectivity index (χ3n) is 2.50. The van der Waals surface area contributed by atoms with Crippen molar-refractivity contribution >= 4 is 21.9 Å². The van der Waals surface area contributed by atoms with Crippen molar-refractivity contribution in [2.24, 2.45) is 0 Å². The number of hydrogen-bond donors (Lipinski definition) is 0. The van der Waals surface area contributed by atoms with Gasteiger partial charge < -0.3 is 4.18 Å². The average Bonchev–Trinajstić information content (AvgIpc) is 2.48. The molecule has 6 heteroatoms. The molecule has 2 aromatic rings. The van der Waals surface area contributed by atoms with Crippen LogP contribution in [0.4, 0.5) is 0 Å². The molecular weight excluding hydrogens is 306 g/mol. The second-order valence-electron chi connectivity index (χ2n) is 4.18. The van der Waals surface area contributed by atoms with Crippen molar-refractivity contribution in [2.75, 3.05) is 5.75 Å². The van der Waals surface area contributed by atoms with E-state index in [1.165, 1.54) is 0 Å². The van der Waals surface area contributed by atoms with Gasteiger partial charge in [0.25, 0.3) is 0 Å². The number of pyridine rings is 1. The molecule has 0 aliphatic rings. The first-order valence-electron chi connectivity index (χ1n) is 6.30. The van der Waals surface area contributed by atoms with E-state index in [1.54, 1.807) is 42.4 Å². The number of nitrogens with zero attached hydrogens (tertiary/aromatic N) is 1. The van der Waals surface area contributed by atoms with Gasteiger partial charge in [-0.15, -0.1) is 6.58 Å². The van der Waals surface area contributed by atoms with Crippen molar-refractivity contribution in [1.29, 1.82) is 0 Å². The van der Waals surface area contributed by atoms with Gasteiger partial charge in [0.05, 0.1) is 5.75 Å². The lowest BCUT2D eigenvalue weighted by Crippen LogP contribution is -2.13. The highest BCUT2D eigenvalue weighted by molar-refractivity contribution is 7.99. The monoisotopic (exact) mass is 321 g/mol. The quantitative estimate of drug-likeness (QED) is 0.577. The van der Waals surface area contributed by atoms with Crippen LogP contribution in [-0.2, 0) is 10.1 Å². The molecule has 0 aliphatic carbocycles. The van der Waals surface area contributed by atoms with Gasteiger partial charge in [0.2, 0.25) is 0 Å². The van der Waals surface area contributed by atoms with Gasteiger partial charge in [-0.25, -0.2) is 0 Å². The Morgan fingerprint density at radius 2 is 1.71 bits per heavy atom. The molecule has 0 saturated carbocycles. The highest BCUT2D eigenvalue weighted by Gasteiger charge is 2.11. The molecular formula is C15H15NO3S2. The Hall–Kier alpha value is -1.79. The molecule has 0 atom stereocenters. The number of hydrogen-bond acceptors (Lipinski definition) is 5. The molecule has 0 amide bonds. The normalized spacial score (nSPS) is 11.0. The zero-order valence-electron chi connectivity index (χ0n) is 11.3. The molecule has 21 heavy (non-hydrogen) atoms. The first-order chi connectivity index (χ1) is 10.1. The summed E-state index contributed by atoms with van der Waals surface area (Å²) in [6.07, 6.45) is 5.38. The molecule has 0 aliphatic heterocycles. The van der Waals surface area contributed by atoms with Crippen molar-refractivity contribution in [3.63, 3.8) is 0 Å². The number of allylic oxidation sites excluding steroid dienone is 1. The summed E-state index contributed by atoms with van der Waals surface area (Å²) in [6.45, 7) is 3.50. The second-order valence-corrected chi connectivity index (χ2v) is 7.02. The van der Waals surface area contributed by atoms with Gasteiger partial charge in [0, 0.05) is 22.2 Å². The first kappa shape index (κ1) is 15.6. The number of aromatic nitrogens is 1. The second kappa shape index (κ2) is 7.28. The van der Waals surface area contributed by atoms with E-state index in [9.17, 15) is 8.42 Å². The van der Waals surface area contributed by atoms with Crippen molar-refractivity contribution in [3.8, 4) is 5.75 Å². The summed E-state index contributed by atoms with van der Waals surface area (Å²) in [5.74, 6) is 0.252. The Balaban J connectivity index is 2.00. The Morgan fingerprint density at radius 3 is 2.33 bits per heavy atom. The van der Waals surface area contributed by atoms with E-state index in [-0.39, 0.29) is 5.75 Å².